The van der Waals surface area contributed by atoms with Crippen LogP contribution in [0.15, 0.2) is 55.1 Å². The minimum atomic E-state index is -0.589. The molecule has 0 aliphatic rings. The van der Waals surface area contributed by atoms with Crippen molar-refractivity contribution in [1.82, 2.24) is 0 Å². The van der Waals surface area contributed by atoms with Crippen LogP contribution in [0.3, 0.4) is 0 Å². The third kappa shape index (κ3) is 3.45. The van der Waals surface area contributed by atoms with Crippen molar-refractivity contribution in [2.75, 3.05) is 6.61 Å². The van der Waals surface area contributed by atoms with Gasteiger partial charge in [-0.25, -0.2) is 4.79 Å². The predicted octanol–water partition coefficient (Wildman–Crippen LogP) is 3.73. The van der Waals surface area contributed by atoms with Gasteiger partial charge < -0.3 is 9.47 Å². The van der Waals surface area contributed by atoms with Crippen LogP contribution in [0, 0.1) is 0 Å². The van der Waals surface area contributed by atoms with Crippen molar-refractivity contribution in [3.63, 3.8) is 0 Å². The van der Waals surface area contributed by atoms with Crippen LogP contribution < -0.4 is 4.74 Å². The number of esters is 1. The minimum absolute atomic E-state index is 0.384. The van der Waals surface area contributed by atoms with Gasteiger partial charge in [0.1, 0.15) is 5.75 Å². The van der Waals surface area contributed by atoms with Crippen molar-refractivity contribution in [3.05, 3.63) is 55.1 Å². The van der Waals surface area contributed by atoms with Gasteiger partial charge in [0.2, 0.25) is 0 Å². The van der Waals surface area contributed by atoms with Gasteiger partial charge >= 0.3 is 5.97 Å². The molecule has 0 fully saturated rings. The fourth-order valence-electron chi connectivity index (χ4n) is 1.87. The summed E-state index contributed by atoms with van der Waals surface area (Å²) >= 11 is 0. The molecule has 0 aliphatic heterocycles. The van der Waals surface area contributed by atoms with Crippen LogP contribution in [0.1, 0.15) is 13.3 Å². The van der Waals surface area contributed by atoms with E-state index in [1.165, 1.54) is 0 Å². The maximum atomic E-state index is 12.0. The molecular formula is C17H18O3. The number of rotatable bonds is 6. The average molecular weight is 270 g/mol. The SMILES string of the molecule is C=CCCOC(C)C(=O)Oc1cccc2ccccc12. The Bertz CT molecular complexity index is 599. The summed E-state index contributed by atoms with van der Waals surface area (Å²) in [4.78, 5) is 12.0. The van der Waals surface area contributed by atoms with E-state index in [9.17, 15) is 4.79 Å². The fraction of sp³-hybridized carbons (Fsp3) is 0.235. The second-order valence-corrected chi connectivity index (χ2v) is 4.49. The van der Waals surface area contributed by atoms with E-state index in [2.05, 4.69) is 6.58 Å². The molecule has 0 radical (unpaired) electrons. The van der Waals surface area contributed by atoms with Crippen LogP contribution in [-0.4, -0.2) is 18.7 Å². The summed E-state index contributed by atoms with van der Waals surface area (Å²) in [5.41, 5.74) is 0. The van der Waals surface area contributed by atoms with Gasteiger partial charge in [-0.2, -0.15) is 0 Å². The summed E-state index contributed by atoms with van der Waals surface area (Å²) in [6, 6.07) is 13.4. The molecule has 104 valence electrons. The molecule has 0 saturated heterocycles. The Hall–Kier alpha value is -2.13. The quantitative estimate of drug-likeness (QED) is 0.347. The lowest BCUT2D eigenvalue weighted by Gasteiger charge is -2.13. The first-order valence-electron chi connectivity index (χ1n) is 6.64. The van der Waals surface area contributed by atoms with Crippen LogP contribution in [0.2, 0.25) is 0 Å². The van der Waals surface area contributed by atoms with Gasteiger partial charge in [-0.1, -0.05) is 42.5 Å². The lowest BCUT2D eigenvalue weighted by molar-refractivity contribution is -0.146. The number of carbonyl (C=O) groups is 1. The smallest absolute Gasteiger partial charge is 0.340 e. The van der Waals surface area contributed by atoms with Gasteiger partial charge in [-0.15, -0.1) is 6.58 Å². The molecule has 1 unspecified atom stereocenters. The van der Waals surface area contributed by atoms with Gasteiger partial charge in [0.15, 0.2) is 6.10 Å². The predicted molar refractivity (Wildman–Crippen MR) is 79.8 cm³/mol. The molecule has 0 N–H and O–H groups in total. The Morgan fingerprint density at radius 2 is 2.00 bits per heavy atom. The van der Waals surface area contributed by atoms with E-state index in [1.807, 2.05) is 36.4 Å². The summed E-state index contributed by atoms with van der Waals surface area (Å²) in [6.45, 7) is 5.77. The van der Waals surface area contributed by atoms with E-state index in [1.54, 1.807) is 19.1 Å². The first-order valence-corrected chi connectivity index (χ1v) is 6.64. The number of carbonyl (C=O) groups excluding carboxylic acids is 1. The third-order valence-corrected chi connectivity index (χ3v) is 2.98. The van der Waals surface area contributed by atoms with Gasteiger partial charge in [-0.3, -0.25) is 0 Å². The topological polar surface area (TPSA) is 35.5 Å². The van der Waals surface area contributed by atoms with Gasteiger partial charge in [0, 0.05) is 5.39 Å². The van der Waals surface area contributed by atoms with Crippen LogP contribution in [-0.2, 0) is 9.53 Å². The molecule has 2 aromatic carbocycles. The van der Waals surface area contributed by atoms with Gasteiger partial charge in [0.05, 0.1) is 6.61 Å². The van der Waals surface area contributed by atoms with Crippen molar-refractivity contribution in [3.8, 4) is 5.75 Å². The third-order valence-electron chi connectivity index (χ3n) is 2.98. The Kier molecular flexibility index (Phi) is 4.91. The Labute approximate surface area is 118 Å². The van der Waals surface area contributed by atoms with E-state index < -0.39 is 6.10 Å². The molecule has 2 aromatic rings. The van der Waals surface area contributed by atoms with Crippen LogP contribution in [0.4, 0.5) is 0 Å². The second-order valence-electron chi connectivity index (χ2n) is 4.49. The van der Waals surface area contributed by atoms with E-state index in [0.717, 1.165) is 10.8 Å². The summed E-state index contributed by atoms with van der Waals surface area (Å²) in [6.07, 6.45) is 1.88. The highest BCUT2D eigenvalue weighted by Gasteiger charge is 2.16. The zero-order valence-electron chi connectivity index (χ0n) is 11.5. The molecule has 3 heteroatoms. The normalized spacial score (nSPS) is 12.1. The molecule has 20 heavy (non-hydrogen) atoms. The Balaban J connectivity index is 2.08. The maximum absolute atomic E-state index is 12.0. The van der Waals surface area contributed by atoms with Crippen molar-refractivity contribution < 1.29 is 14.3 Å². The largest absolute Gasteiger partial charge is 0.424 e. The second kappa shape index (κ2) is 6.87. The van der Waals surface area contributed by atoms with E-state index in [4.69, 9.17) is 9.47 Å². The lowest BCUT2D eigenvalue weighted by Crippen LogP contribution is -2.26. The molecule has 0 aliphatic carbocycles. The Morgan fingerprint density at radius 1 is 1.25 bits per heavy atom. The highest BCUT2D eigenvalue weighted by atomic mass is 16.6. The molecule has 0 amide bonds. The minimum Gasteiger partial charge on any atom is -0.424 e. The fourth-order valence-corrected chi connectivity index (χ4v) is 1.87. The summed E-state index contributed by atoms with van der Waals surface area (Å²) in [7, 11) is 0. The number of hydrogen-bond donors (Lipinski definition) is 0. The molecule has 3 nitrogen and oxygen atoms in total. The molecule has 0 saturated carbocycles. The molecular weight excluding hydrogens is 252 g/mol. The molecule has 0 spiro atoms. The number of fused-ring (bicyclic) bond motifs is 1. The zero-order chi connectivity index (χ0) is 14.4. The van der Waals surface area contributed by atoms with Crippen molar-refractivity contribution in [1.29, 1.82) is 0 Å². The number of hydrogen-bond acceptors (Lipinski definition) is 3. The number of ether oxygens (including phenoxy) is 2. The number of benzene rings is 2. The van der Waals surface area contributed by atoms with Gasteiger partial charge in [0.25, 0.3) is 0 Å². The molecule has 0 bridgehead atoms. The average Bonchev–Trinajstić information content (AvgIpc) is 2.47. The van der Waals surface area contributed by atoms with Gasteiger partial charge in [-0.05, 0) is 24.8 Å². The van der Waals surface area contributed by atoms with Crippen LogP contribution in [0.5, 0.6) is 5.75 Å². The Morgan fingerprint density at radius 3 is 2.80 bits per heavy atom. The van der Waals surface area contributed by atoms with Crippen molar-refractivity contribution in [2.45, 2.75) is 19.4 Å². The first-order chi connectivity index (χ1) is 9.72. The van der Waals surface area contributed by atoms with E-state index in [-0.39, 0.29) is 5.97 Å². The molecule has 0 heterocycles. The van der Waals surface area contributed by atoms with Crippen molar-refractivity contribution in [2.24, 2.45) is 0 Å². The monoisotopic (exact) mass is 270 g/mol. The van der Waals surface area contributed by atoms with Crippen molar-refractivity contribution >= 4 is 16.7 Å². The zero-order valence-corrected chi connectivity index (χ0v) is 11.5. The lowest BCUT2D eigenvalue weighted by atomic mass is 10.1. The molecule has 0 aromatic heterocycles. The van der Waals surface area contributed by atoms with E-state index in [0.29, 0.717) is 18.8 Å². The molecule has 2 rings (SSSR count). The summed E-state index contributed by atoms with van der Waals surface area (Å²) in [5.74, 6) is 0.178. The highest BCUT2D eigenvalue weighted by molar-refractivity contribution is 5.90. The van der Waals surface area contributed by atoms with Crippen LogP contribution >= 0.6 is 0 Å². The highest BCUT2D eigenvalue weighted by Crippen LogP contribution is 2.25. The standard InChI is InChI=1S/C17H18O3/c1-3-4-12-19-13(2)17(18)20-16-11-7-9-14-8-5-6-10-15(14)16/h3,5-11,13H,1,4,12H2,2H3. The summed E-state index contributed by atoms with van der Waals surface area (Å²) < 4.78 is 10.8. The molecule has 1 atom stereocenters. The maximum Gasteiger partial charge on any atom is 0.340 e. The van der Waals surface area contributed by atoms with E-state index >= 15 is 0 Å². The summed E-state index contributed by atoms with van der Waals surface area (Å²) in [5, 5.41) is 1.96. The van der Waals surface area contributed by atoms with Crippen LogP contribution in [0.25, 0.3) is 10.8 Å². The first kappa shape index (κ1) is 14.3.